The van der Waals surface area contributed by atoms with E-state index in [1.54, 1.807) is 38.1 Å². The van der Waals surface area contributed by atoms with Gasteiger partial charge in [0.2, 0.25) is 0 Å². The minimum atomic E-state index is -4.78. The molecule has 0 saturated heterocycles. The van der Waals surface area contributed by atoms with Gasteiger partial charge in [0.25, 0.3) is 5.91 Å². The number of nitrogens with zero attached hydrogens (tertiary/aromatic N) is 2. The largest absolute Gasteiger partial charge is 0.573 e. The number of rotatable bonds is 5. The lowest BCUT2D eigenvalue weighted by molar-refractivity contribution is -0.274. The zero-order valence-electron chi connectivity index (χ0n) is 16.0. The molecule has 1 heterocycles. The first-order valence-electron chi connectivity index (χ1n) is 8.75. The van der Waals surface area contributed by atoms with Crippen molar-refractivity contribution in [2.24, 2.45) is 15.9 Å². The number of alkyl halides is 3. The van der Waals surface area contributed by atoms with Crippen molar-refractivity contribution in [2.75, 3.05) is 5.32 Å². The molecule has 156 valence electrons. The van der Waals surface area contributed by atoms with E-state index in [4.69, 9.17) is 5.73 Å². The Balaban J connectivity index is 1.73. The van der Waals surface area contributed by atoms with Gasteiger partial charge < -0.3 is 20.8 Å². The maximum Gasteiger partial charge on any atom is 0.573 e. The number of benzene rings is 2. The van der Waals surface area contributed by atoms with Crippen LogP contribution in [0.25, 0.3) is 10.9 Å². The van der Waals surface area contributed by atoms with Gasteiger partial charge in [0.1, 0.15) is 17.3 Å². The third-order valence-electron chi connectivity index (χ3n) is 3.99. The van der Waals surface area contributed by atoms with Crippen molar-refractivity contribution in [3.63, 3.8) is 0 Å². The standard InChI is InChI=1S/C20H18F3N5O2/c1-11(27-28-12(2)24)13-3-5-15(6-4-13)25-19(29)18-10-14-9-16(30-20(21,22)23)7-8-17(14)26-18/h3-10,26H,1-2H3,(H2,24,28)(H,25,29)/b27-11+. The number of carbonyl (C=O) groups is 1. The highest BCUT2D eigenvalue weighted by atomic mass is 19.4. The van der Waals surface area contributed by atoms with Crippen molar-refractivity contribution in [2.45, 2.75) is 20.2 Å². The average molecular weight is 417 g/mol. The summed E-state index contributed by atoms with van der Waals surface area (Å²) in [6, 6.07) is 12.2. The Morgan fingerprint density at radius 3 is 2.40 bits per heavy atom. The summed E-state index contributed by atoms with van der Waals surface area (Å²) in [7, 11) is 0. The number of aromatic nitrogens is 1. The van der Waals surface area contributed by atoms with Crippen LogP contribution in [0.15, 0.2) is 58.7 Å². The summed E-state index contributed by atoms with van der Waals surface area (Å²) >= 11 is 0. The van der Waals surface area contributed by atoms with E-state index in [-0.39, 0.29) is 11.4 Å². The first-order valence-corrected chi connectivity index (χ1v) is 8.75. The monoisotopic (exact) mass is 417 g/mol. The molecule has 0 aliphatic rings. The number of anilines is 1. The Hall–Kier alpha value is -3.82. The predicted octanol–water partition coefficient (Wildman–Crippen LogP) is 4.42. The molecule has 0 atom stereocenters. The van der Waals surface area contributed by atoms with Crippen LogP contribution in [0.1, 0.15) is 29.9 Å². The maximum atomic E-state index is 12.5. The van der Waals surface area contributed by atoms with Gasteiger partial charge in [-0.2, -0.15) is 5.10 Å². The van der Waals surface area contributed by atoms with Crippen LogP contribution in [-0.4, -0.2) is 28.8 Å². The fraction of sp³-hybridized carbons (Fsp3) is 0.150. The van der Waals surface area contributed by atoms with Crippen molar-refractivity contribution < 1.29 is 22.7 Å². The molecule has 1 amide bonds. The van der Waals surface area contributed by atoms with Gasteiger partial charge in [-0.15, -0.1) is 18.3 Å². The normalized spacial score (nSPS) is 12.8. The Morgan fingerprint density at radius 2 is 1.77 bits per heavy atom. The number of amidine groups is 1. The Morgan fingerprint density at radius 1 is 1.07 bits per heavy atom. The number of aromatic amines is 1. The number of fused-ring (bicyclic) bond motifs is 1. The van der Waals surface area contributed by atoms with Crippen molar-refractivity contribution in [3.05, 3.63) is 59.8 Å². The summed E-state index contributed by atoms with van der Waals surface area (Å²) in [4.78, 5) is 15.4. The maximum absolute atomic E-state index is 12.5. The van der Waals surface area contributed by atoms with Crippen LogP contribution in [0.3, 0.4) is 0 Å². The van der Waals surface area contributed by atoms with Gasteiger partial charge in [0, 0.05) is 16.6 Å². The number of halogens is 3. The van der Waals surface area contributed by atoms with Gasteiger partial charge >= 0.3 is 6.36 Å². The highest BCUT2D eigenvalue weighted by molar-refractivity contribution is 6.06. The van der Waals surface area contributed by atoms with Gasteiger partial charge in [0.05, 0.1) is 5.71 Å². The molecule has 3 aromatic rings. The van der Waals surface area contributed by atoms with Crippen molar-refractivity contribution in [3.8, 4) is 5.75 Å². The van der Waals surface area contributed by atoms with Crippen LogP contribution in [0, 0.1) is 0 Å². The lowest BCUT2D eigenvalue weighted by Crippen LogP contribution is -2.16. The second-order valence-electron chi connectivity index (χ2n) is 6.44. The van der Waals surface area contributed by atoms with E-state index in [0.717, 1.165) is 5.56 Å². The smallest absolute Gasteiger partial charge is 0.406 e. The van der Waals surface area contributed by atoms with Gasteiger partial charge in [-0.25, -0.2) is 0 Å². The summed E-state index contributed by atoms with van der Waals surface area (Å²) in [5.41, 5.74) is 8.16. The molecule has 0 fully saturated rings. The molecule has 0 bridgehead atoms. The van der Waals surface area contributed by atoms with Crippen molar-refractivity contribution in [1.29, 1.82) is 0 Å². The molecule has 4 N–H and O–H groups in total. The molecule has 7 nitrogen and oxygen atoms in total. The summed E-state index contributed by atoms with van der Waals surface area (Å²) in [5.74, 6) is -0.456. The number of H-pyrrole nitrogens is 1. The number of nitrogens with two attached hydrogens (primary N) is 1. The van der Waals surface area contributed by atoms with Crippen LogP contribution in [0.4, 0.5) is 18.9 Å². The minimum Gasteiger partial charge on any atom is -0.406 e. The Bertz CT molecular complexity index is 1130. The number of amides is 1. The first kappa shape index (κ1) is 20.9. The molecular weight excluding hydrogens is 399 g/mol. The zero-order valence-corrected chi connectivity index (χ0v) is 16.0. The topological polar surface area (TPSA) is 105 Å². The number of carbonyl (C=O) groups excluding carboxylic acids is 1. The van der Waals surface area contributed by atoms with E-state index in [9.17, 15) is 18.0 Å². The first-order chi connectivity index (χ1) is 14.1. The van der Waals surface area contributed by atoms with E-state index < -0.39 is 12.3 Å². The van der Waals surface area contributed by atoms with Crippen LogP contribution in [-0.2, 0) is 0 Å². The van der Waals surface area contributed by atoms with E-state index in [1.807, 2.05) is 0 Å². The van der Waals surface area contributed by atoms with Gasteiger partial charge in [0.15, 0.2) is 0 Å². The van der Waals surface area contributed by atoms with Crippen LogP contribution in [0.5, 0.6) is 5.75 Å². The Labute approximate surface area is 169 Å². The average Bonchev–Trinajstić information content (AvgIpc) is 3.09. The fourth-order valence-corrected chi connectivity index (χ4v) is 2.63. The Kier molecular flexibility index (Phi) is 5.77. The van der Waals surface area contributed by atoms with E-state index >= 15 is 0 Å². The summed E-state index contributed by atoms with van der Waals surface area (Å²) in [5, 5.41) is 10.9. The number of hydrogen-bond acceptors (Lipinski definition) is 4. The molecule has 0 unspecified atom stereocenters. The zero-order chi connectivity index (χ0) is 21.9. The van der Waals surface area contributed by atoms with Gasteiger partial charge in [-0.05, 0) is 55.8 Å². The summed E-state index contributed by atoms with van der Waals surface area (Å²) in [6.07, 6.45) is -4.78. The van der Waals surface area contributed by atoms with Gasteiger partial charge in [-0.1, -0.05) is 12.1 Å². The molecule has 0 radical (unpaired) electrons. The third-order valence-corrected chi connectivity index (χ3v) is 3.99. The van der Waals surface area contributed by atoms with Gasteiger partial charge in [-0.3, -0.25) is 4.79 Å². The molecule has 10 heteroatoms. The molecule has 0 saturated carbocycles. The summed E-state index contributed by atoms with van der Waals surface area (Å²) in [6.45, 7) is 3.41. The predicted molar refractivity (Wildman–Crippen MR) is 109 cm³/mol. The van der Waals surface area contributed by atoms with Crippen molar-refractivity contribution >= 4 is 34.0 Å². The second-order valence-corrected chi connectivity index (χ2v) is 6.44. The third kappa shape index (κ3) is 5.37. The molecule has 0 aliphatic carbocycles. The van der Waals surface area contributed by atoms with Crippen LogP contribution in [0.2, 0.25) is 0 Å². The molecule has 0 spiro atoms. The highest BCUT2D eigenvalue weighted by Crippen LogP contribution is 2.27. The lowest BCUT2D eigenvalue weighted by Gasteiger charge is -2.08. The minimum absolute atomic E-state index is 0.198. The molecular formula is C20H18F3N5O2. The lowest BCUT2D eigenvalue weighted by atomic mass is 10.1. The highest BCUT2D eigenvalue weighted by Gasteiger charge is 2.31. The fourth-order valence-electron chi connectivity index (χ4n) is 2.63. The van der Waals surface area contributed by atoms with E-state index in [1.165, 1.54) is 24.3 Å². The molecule has 1 aromatic heterocycles. The van der Waals surface area contributed by atoms with E-state index in [0.29, 0.717) is 28.1 Å². The number of nitrogens with one attached hydrogen (secondary N) is 2. The summed E-state index contributed by atoms with van der Waals surface area (Å²) < 4.78 is 41.0. The number of hydrogen-bond donors (Lipinski definition) is 3. The molecule has 3 rings (SSSR count). The van der Waals surface area contributed by atoms with E-state index in [2.05, 4.69) is 25.2 Å². The van der Waals surface area contributed by atoms with Crippen LogP contribution >= 0.6 is 0 Å². The molecule has 30 heavy (non-hydrogen) atoms. The molecule has 2 aromatic carbocycles. The SMILES string of the molecule is CC(N)=N/N=C(\C)c1ccc(NC(=O)c2cc3cc(OC(F)(F)F)ccc3[nH]2)cc1. The number of ether oxygens (including phenoxy) is 1. The second kappa shape index (κ2) is 8.27. The molecule has 0 aliphatic heterocycles. The quantitative estimate of drug-likeness (QED) is 0.325. The van der Waals surface area contributed by atoms with Crippen LogP contribution < -0.4 is 15.8 Å². The van der Waals surface area contributed by atoms with Crippen molar-refractivity contribution in [1.82, 2.24) is 4.98 Å².